The van der Waals surface area contributed by atoms with Crippen molar-refractivity contribution in [2.24, 2.45) is 0 Å². The Kier molecular flexibility index (Phi) is 4.39. The molecule has 0 atom stereocenters. The number of morpholine rings is 1. The van der Waals surface area contributed by atoms with Crippen LogP contribution in [0.5, 0.6) is 0 Å². The van der Waals surface area contributed by atoms with Crippen molar-refractivity contribution in [2.75, 3.05) is 36.5 Å². The summed E-state index contributed by atoms with van der Waals surface area (Å²) in [6.45, 7) is 2.92. The summed E-state index contributed by atoms with van der Waals surface area (Å²) < 4.78 is 19.4. The lowest BCUT2D eigenvalue weighted by atomic mass is 10.1. The van der Waals surface area contributed by atoms with Gasteiger partial charge in [0.15, 0.2) is 4.77 Å². The molecule has 3 N–H and O–H groups in total. The Morgan fingerprint density at radius 2 is 2.08 bits per heavy atom. The molecule has 0 unspecified atom stereocenters. The van der Waals surface area contributed by atoms with Crippen molar-refractivity contribution in [3.63, 3.8) is 0 Å². The van der Waals surface area contributed by atoms with Crippen molar-refractivity contribution < 1.29 is 13.9 Å². The maximum Gasteiger partial charge on any atom is 0.258 e. The van der Waals surface area contributed by atoms with Crippen LogP contribution in [0.1, 0.15) is 10.4 Å². The molecule has 1 aliphatic rings. The van der Waals surface area contributed by atoms with E-state index in [1.165, 1.54) is 12.1 Å². The van der Waals surface area contributed by atoms with Crippen LogP contribution in [0.2, 0.25) is 0 Å². The number of halogens is 1. The highest BCUT2D eigenvalue weighted by atomic mass is 32.1. The second-order valence-electron chi connectivity index (χ2n) is 5.91. The minimum Gasteiger partial charge on any atom is -0.378 e. The van der Waals surface area contributed by atoms with Crippen LogP contribution in [-0.4, -0.2) is 47.2 Å². The van der Waals surface area contributed by atoms with Gasteiger partial charge in [-0.25, -0.2) is 9.37 Å². The molecule has 0 bridgehead atoms. The van der Waals surface area contributed by atoms with Crippen molar-refractivity contribution in [3.8, 4) is 0 Å². The van der Waals surface area contributed by atoms with Crippen molar-refractivity contribution in [2.45, 2.75) is 0 Å². The fourth-order valence-electron chi connectivity index (χ4n) is 2.92. The first-order chi connectivity index (χ1) is 12.6. The maximum atomic E-state index is 13.8. The largest absolute Gasteiger partial charge is 0.378 e. The SMILES string of the molecule is O=C(Nc1ccc(N2CCOCC2)nc1)c1cc(F)cc2[nH]c(=S)[nH]c12. The summed E-state index contributed by atoms with van der Waals surface area (Å²) in [5.41, 5.74) is 1.61. The molecule has 1 aliphatic heterocycles. The zero-order chi connectivity index (χ0) is 18.1. The number of hydrogen-bond donors (Lipinski definition) is 3. The van der Waals surface area contributed by atoms with E-state index in [1.54, 1.807) is 12.3 Å². The van der Waals surface area contributed by atoms with Crippen LogP contribution in [0.25, 0.3) is 11.0 Å². The molecule has 0 aliphatic carbocycles. The smallest absolute Gasteiger partial charge is 0.258 e. The van der Waals surface area contributed by atoms with Gasteiger partial charge in [0.2, 0.25) is 0 Å². The zero-order valence-corrected chi connectivity index (χ0v) is 14.5. The van der Waals surface area contributed by atoms with Gasteiger partial charge in [-0.2, -0.15) is 0 Å². The second kappa shape index (κ2) is 6.85. The number of nitrogens with one attached hydrogen (secondary N) is 3. The number of amides is 1. The Morgan fingerprint density at radius 1 is 1.27 bits per heavy atom. The van der Waals surface area contributed by atoms with Crippen LogP contribution < -0.4 is 10.2 Å². The molecule has 26 heavy (non-hydrogen) atoms. The number of nitrogens with zero attached hydrogens (tertiary/aromatic N) is 2. The van der Waals surface area contributed by atoms with Gasteiger partial charge in [0, 0.05) is 13.1 Å². The normalized spacial score (nSPS) is 14.6. The van der Waals surface area contributed by atoms with E-state index in [4.69, 9.17) is 17.0 Å². The van der Waals surface area contributed by atoms with E-state index < -0.39 is 11.7 Å². The van der Waals surface area contributed by atoms with E-state index in [0.717, 1.165) is 18.9 Å². The van der Waals surface area contributed by atoms with Crippen LogP contribution in [0.15, 0.2) is 30.5 Å². The number of anilines is 2. The Morgan fingerprint density at radius 3 is 2.81 bits per heavy atom. The molecule has 4 rings (SSSR count). The van der Waals surface area contributed by atoms with E-state index in [2.05, 4.69) is 25.2 Å². The highest BCUT2D eigenvalue weighted by Gasteiger charge is 2.16. The van der Waals surface area contributed by atoms with Crippen molar-refractivity contribution in [1.29, 1.82) is 0 Å². The van der Waals surface area contributed by atoms with Gasteiger partial charge in [-0.3, -0.25) is 4.79 Å². The van der Waals surface area contributed by atoms with Gasteiger partial charge in [0.1, 0.15) is 11.6 Å². The summed E-state index contributed by atoms with van der Waals surface area (Å²) in [5.74, 6) is -0.136. The number of imidazole rings is 1. The van der Waals surface area contributed by atoms with Gasteiger partial charge < -0.3 is 24.9 Å². The summed E-state index contributed by atoms with van der Waals surface area (Å²) >= 11 is 5.02. The Hall–Kier alpha value is -2.78. The third-order valence-corrected chi connectivity index (χ3v) is 4.38. The third-order valence-electron chi connectivity index (χ3n) is 4.18. The predicted molar refractivity (Wildman–Crippen MR) is 98.7 cm³/mol. The lowest BCUT2D eigenvalue weighted by Gasteiger charge is -2.27. The summed E-state index contributed by atoms with van der Waals surface area (Å²) in [5, 5.41) is 2.74. The van der Waals surface area contributed by atoms with Gasteiger partial charge in [0.05, 0.1) is 41.7 Å². The van der Waals surface area contributed by atoms with E-state index in [0.29, 0.717) is 34.7 Å². The van der Waals surface area contributed by atoms with Gasteiger partial charge in [-0.15, -0.1) is 0 Å². The molecule has 0 saturated carbocycles. The molecule has 1 amide bonds. The van der Waals surface area contributed by atoms with E-state index >= 15 is 0 Å². The number of benzene rings is 1. The summed E-state index contributed by atoms with van der Waals surface area (Å²) in [6.07, 6.45) is 1.58. The molecule has 0 spiro atoms. The summed E-state index contributed by atoms with van der Waals surface area (Å²) in [4.78, 5) is 24.8. The van der Waals surface area contributed by atoms with Crippen LogP contribution >= 0.6 is 12.2 Å². The van der Waals surface area contributed by atoms with Crippen LogP contribution in [0, 0.1) is 10.6 Å². The lowest BCUT2D eigenvalue weighted by Crippen LogP contribution is -2.36. The number of pyridine rings is 1. The lowest BCUT2D eigenvalue weighted by molar-refractivity contribution is 0.102. The first-order valence-electron chi connectivity index (χ1n) is 8.12. The highest BCUT2D eigenvalue weighted by molar-refractivity contribution is 7.71. The monoisotopic (exact) mass is 373 g/mol. The molecule has 3 heterocycles. The second-order valence-corrected chi connectivity index (χ2v) is 6.32. The molecule has 134 valence electrons. The summed E-state index contributed by atoms with van der Waals surface area (Å²) in [6, 6.07) is 6.07. The number of rotatable bonds is 3. The average molecular weight is 373 g/mol. The number of aromatic nitrogens is 3. The molecule has 1 fully saturated rings. The third kappa shape index (κ3) is 3.31. The fraction of sp³-hybridized carbons (Fsp3) is 0.235. The minimum atomic E-state index is -0.520. The number of carbonyl (C=O) groups excluding carboxylic acids is 1. The molecule has 1 saturated heterocycles. The zero-order valence-electron chi connectivity index (χ0n) is 13.7. The molecule has 0 radical (unpaired) electrons. The number of ether oxygens (including phenoxy) is 1. The van der Waals surface area contributed by atoms with Crippen molar-refractivity contribution >= 4 is 40.7 Å². The number of aromatic amines is 2. The van der Waals surface area contributed by atoms with Crippen LogP contribution in [-0.2, 0) is 4.74 Å². The number of carbonyl (C=O) groups is 1. The molecule has 7 nitrogen and oxygen atoms in total. The van der Waals surface area contributed by atoms with Crippen LogP contribution in [0.3, 0.4) is 0 Å². The summed E-state index contributed by atoms with van der Waals surface area (Å²) in [7, 11) is 0. The Labute approximate surface area is 153 Å². The fourth-order valence-corrected chi connectivity index (χ4v) is 3.14. The van der Waals surface area contributed by atoms with E-state index in [9.17, 15) is 9.18 Å². The van der Waals surface area contributed by atoms with Gasteiger partial charge in [0.25, 0.3) is 5.91 Å². The maximum absolute atomic E-state index is 13.8. The first-order valence-corrected chi connectivity index (χ1v) is 8.52. The number of H-pyrrole nitrogens is 2. The highest BCUT2D eigenvalue weighted by Crippen LogP contribution is 2.20. The number of hydrogen-bond acceptors (Lipinski definition) is 5. The quantitative estimate of drug-likeness (QED) is 0.615. The Balaban J connectivity index is 1.56. The van der Waals surface area contributed by atoms with Crippen LogP contribution in [0.4, 0.5) is 15.9 Å². The van der Waals surface area contributed by atoms with Crippen molar-refractivity contribution in [3.05, 3.63) is 46.6 Å². The minimum absolute atomic E-state index is 0.171. The average Bonchev–Trinajstić information content (AvgIpc) is 3.02. The van der Waals surface area contributed by atoms with Crippen molar-refractivity contribution in [1.82, 2.24) is 15.0 Å². The standard InChI is InChI=1S/C17H16FN5O2S/c18-10-7-12(15-13(8-10)21-17(26)22-15)16(24)20-11-1-2-14(19-9-11)23-3-5-25-6-4-23/h1-2,7-9H,3-6H2,(H,20,24)(H2,21,22,26). The topological polar surface area (TPSA) is 86.0 Å². The van der Waals surface area contributed by atoms with E-state index in [1.807, 2.05) is 6.07 Å². The molecule has 1 aromatic carbocycles. The molecule has 2 aromatic heterocycles. The van der Waals surface area contributed by atoms with E-state index in [-0.39, 0.29) is 5.56 Å². The van der Waals surface area contributed by atoms with Gasteiger partial charge in [-0.1, -0.05) is 0 Å². The molecule has 3 aromatic rings. The molecular formula is C17H16FN5O2S. The first kappa shape index (κ1) is 16.7. The molecular weight excluding hydrogens is 357 g/mol. The predicted octanol–water partition coefficient (Wildman–Crippen LogP) is 2.85. The van der Waals surface area contributed by atoms with Gasteiger partial charge in [-0.05, 0) is 36.5 Å². The Bertz CT molecular complexity index is 1010. The number of fused-ring (bicyclic) bond motifs is 1. The van der Waals surface area contributed by atoms with Gasteiger partial charge >= 0.3 is 0 Å². The molecule has 9 heteroatoms.